The first-order valence-corrected chi connectivity index (χ1v) is 7.81. The molecule has 1 atom stereocenters. The van der Waals surface area contributed by atoms with Crippen LogP contribution in [0.4, 0.5) is 0 Å². The number of morpholine rings is 1. The van der Waals surface area contributed by atoms with Gasteiger partial charge in [-0.25, -0.2) is 0 Å². The molecule has 2 rings (SSSR count). The summed E-state index contributed by atoms with van der Waals surface area (Å²) in [6.07, 6.45) is 4.02. The first-order valence-electron chi connectivity index (χ1n) is 7.81. The van der Waals surface area contributed by atoms with Crippen molar-refractivity contribution in [3.05, 3.63) is 0 Å². The van der Waals surface area contributed by atoms with Crippen molar-refractivity contribution in [2.75, 3.05) is 53.0 Å². The van der Waals surface area contributed by atoms with Gasteiger partial charge in [0.2, 0.25) is 0 Å². The molecule has 1 amide bonds. The van der Waals surface area contributed by atoms with Crippen molar-refractivity contribution in [2.24, 2.45) is 0 Å². The molecule has 0 radical (unpaired) electrons. The Bertz CT molecular complexity index is 310. The number of nitrogens with zero attached hydrogens (tertiary/aromatic N) is 2. The van der Waals surface area contributed by atoms with Crippen molar-refractivity contribution in [2.45, 2.75) is 38.2 Å². The number of hydrogen-bond donors (Lipinski definition) is 0. The third-order valence-electron chi connectivity index (χ3n) is 4.34. The second-order valence-electron chi connectivity index (χ2n) is 6.07. The van der Waals surface area contributed by atoms with Gasteiger partial charge in [-0.2, -0.15) is 0 Å². The normalized spacial score (nSPS) is 28.3. The highest BCUT2D eigenvalue weighted by molar-refractivity contribution is 5.84. The lowest BCUT2D eigenvalue weighted by molar-refractivity contribution is -0.160. The predicted molar refractivity (Wildman–Crippen MR) is 77.7 cm³/mol. The summed E-state index contributed by atoms with van der Waals surface area (Å²) >= 11 is 0. The fraction of sp³-hybridized carbons (Fsp3) is 0.933. The molecular weight excluding hydrogens is 256 g/mol. The Kier molecular flexibility index (Phi) is 5.81. The molecule has 5 nitrogen and oxygen atoms in total. The van der Waals surface area contributed by atoms with Crippen LogP contribution >= 0.6 is 0 Å². The van der Waals surface area contributed by atoms with E-state index < -0.39 is 5.60 Å². The summed E-state index contributed by atoms with van der Waals surface area (Å²) in [6, 6.07) is 0. The third kappa shape index (κ3) is 4.17. The van der Waals surface area contributed by atoms with Crippen LogP contribution in [0.3, 0.4) is 0 Å². The molecule has 116 valence electrons. The van der Waals surface area contributed by atoms with Crippen LogP contribution in [0.1, 0.15) is 32.6 Å². The van der Waals surface area contributed by atoms with Crippen LogP contribution in [0.15, 0.2) is 0 Å². The fourth-order valence-electron chi connectivity index (χ4n) is 2.96. The second kappa shape index (κ2) is 7.38. The Hall–Kier alpha value is -0.650. The molecule has 0 bridgehead atoms. The summed E-state index contributed by atoms with van der Waals surface area (Å²) in [7, 11) is 1.89. The first kappa shape index (κ1) is 15.7. The number of carbonyl (C=O) groups excluding carboxylic acids is 1. The molecule has 0 aromatic carbocycles. The minimum absolute atomic E-state index is 0.138. The van der Waals surface area contributed by atoms with Crippen molar-refractivity contribution in [1.82, 2.24) is 9.80 Å². The number of rotatable bonds is 5. The molecule has 0 aromatic heterocycles. The highest BCUT2D eigenvalue weighted by atomic mass is 16.5. The zero-order valence-electron chi connectivity index (χ0n) is 12.9. The first-order chi connectivity index (χ1) is 9.62. The van der Waals surface area contributed by atoms with Crippen molar-refractivity contribution < 1.29 is 14.3 Å². The maximum absolute atomic E-state index is 12.5. The Morgan fingerprint density at radius 3 is 2.65 bits per heavy atom. The minimum Gasteiger partial charge on any atom is -0.379 e. The van der Waals surface area contributed by atoms with Gasteiger partial charge in [0.25, 0.3) is 5.91 Å². The van der Waals surface area contributed by atoms with Crippen LogP contribution in [0.25, 0.3) is 0 Å². The Labute approximate surface area is 122 Å². The standard InChI is InChI=1S/C15H28N2O3/c1-15(6-3-4-11-20-15)14(18)16(2)7-5-8-17-9-12-19-13-10-17/h3-13H2,1-2H3. The summed E-state index contributed by atoms with van der Waals surface area (Å²) in [5, 5.41) is 0. The molecule has 1 unspecified atom stereocenters. The van der Waals surface area contributed by atoms with E-state index in [0.29, 0.717) is 6.61 Å². The maximum atomic E-state index is 12.5. The highest BCUT2D eigenvalue weighted by Crippen LogP contribution is 2.26. The number of likely N-dealkylation sites (N-methyl/N-ethyl adjacent to an activating group) is 1. The average molecular weight is 284 g/mol. The zero-order chi connectivity index (χ0) is 14.4. The van der Waals surface area contributed by atoms with E-state index in [9.17, 15) is 4.79 Å². The van der Waals surface area contributed by atoms with Gasteiger partial charge in [-0.1, -0.05) is 0 Å². The summed E-state index contributed by atoms with van der Waals surface area (Å²) in [4.78, 5) is 16.7. The van der Waals surface area contributed by atoms with E-state index in [2.05, 4.69) is 4.90 Å². The molecule has 20 heavy (non-hydrogen) atoms. The molecule has 0 spiro atoms. The number of ether oxygens (including phenoxy) is 2. The lowest BCUT2D eigenvalue weighted by Crippen LogP contribution is -2.49. The number of hydrogen-bond acceptors (Lipinski definition) is 4. The smallest absolute Gasteiger partial charge is 0.254 e. The minimum atomic E-state index is -0.591. The van der Waals surface area contributed by atoms with Crippen molar-refractivity contribution in [3.63, 3.8) is 0 Å². The Balaban J connectivity index is 1.70. The average Bonchev–Trinajstić information content (AvgIpc) is 2.48. The monoisotopic (exact) mass is 284 g/mol. The summed E-state index contributed by atoms with van der Waals surface area (Å²) in [5.41, 5.74) is -0.591. The predicted octanol–water partition coefficient (Wildman–Crippen LogP) is 1.13. The van der Waals surface area contributed by atoms with Crippen LogP contribution in [0, 0.1) is 0 Å². The van der Waals surface area contributed by atoms with E-state index >= 15 is 0 Å². The number of amides is 1. The van der Waals surface area contributed by atoms with E-state index in [-0.39, 0.29) is 5.91 Å². The lowest BCUT2D eigenvalue weighted by Gasteiger charge is -2.36. The molecule has 0 N–H and O–H groups in total. The third-order valence-corrected chi connectivity index (χ3v) is 4.34. The maximum Gasteiger partial charge on any atom is 0.254 e. The Morgan fingerprint density at radius 2 is 2.00 bits per heavy atom. The summed E-state index contributed by atoms with van der Waals surface area (Å²) < 4.78 is 11.1. The Morgan fingerprint density at radius 1 is 1.25 bits per heavy atom. The molecule has 2 aliphatic heterocycles. The van der Waals surface area contributed by atoms with Gasteiger partial charge in [0.05, 0.1) is 13.2 Å². The molecule has 5 heteroatoms. The van der Waals surface area contributed by atoms with Crippen LogP contribution in [0.2, 0.25) is 0 Å². The topological polar surface area (TPSA) is 42.0 Å². The van der Waals surface area contributed by atoms with Gasteiger partial charge in [0.1, 0.15) is 5.60 Å². The van der Waals surface area contributed by atoms with Gasteiger partial charge in [-0.3, -0.25) is 9.69 Å². The van der Waals surface area contributed by atoms with E-state index in [1.54, 1.807) is 0 Å². The van der Waals surface area contributed by atoms with Crippen LogP contribution in [0.5, 0.6) is 0 Å². The van der Waals surface area contributed by atoms with E-state index in [1.807, 2.05) is 18.9 Å². The highest BCUT2D eigenvalue weighted by Gasteiger charge is 2.37. The van der Waals surface area contributed by atoms with Crippen LogP contribution < -0.4 is 0 Å². The van der Waals surface area contributed by atoms with Gasteiger partial charge in [-0.15, -0.1) is 0 Å². The van der Waals surface area contributed by atoms with Gasteiger partial charge in [0.15, 0.2) is 0 Å². The summed E-state index contributed by atoms with van der Waals surface area (Å²) in [5.74, 6) is 0.138. The molecule has 0 aliphatic carbocycles. The SMILES string of the molecule is CN(CCCN1CCOCC1)C(=O)C1(C)CCCCO1. The second-order valence-corrected chi connectivity index (χ2v) is 6.07. The van der Waals surface area contributed by atoms with Gasteiger partial charge >= 0.3 is 0 Å². The van der Waals surface area contributed by atoms with E-state index in [4.69, 9.17) is 9.47 Å². The fourth-order valence-corrected chi connectivity index (χ4v) is 2.96. The molecule has 2 heterocycles. The molecule has 0 saturated carbocycles. The van der Waals surface area contributed by atoms with Crippen molar-refractivity contribution >= 4 is 5.91 Å². The number of carbonyl (C=O) groups is 1. The zero-order valence-corrected chi connectivity index (χ0v) is 12.9. The van der Waals surface area contributed by atoms with Crippen LogP contribution in [-0.2, 0) is 14.3 Å². The summed E-state index contributed by atoms with van der Waals surface area (Å²) in [6.45, 7) is 8.18. The van der Waals surface area contributed by atoms with Gasteiger partial charge < -0.3 is 14.4 Å². The van der Waals surface area contributed by atoms with Gasteiger partial charge in [-0.05, 0) is 32.6 Å². The van der Waals surface area contributed by atoms with Crippen LogP contribution in [-0.4, -0.2) is 74.4 Å². The lowest BCUT2D eigenvalue weighted by atomic mass is 9.94. The molecule has 2 saturated heterocycles. The van der Waals surface area contributed by atoms with Crippen molar-refractivity contribution in [1.29, 1.82) is 0 Å². The van der Waals surface area contributed by atoms with Crippen molar-refractivity contribution in [3.8, 4) is 0 Å². The van der Waals surface area contributed by atoms with Gasteiger partial charge in [0, 0.05) is 39.8 Å². The largest absolute Gasteiger partial charge is 0.379 e. The molecule has 2 fully saturated rings. The van der Waals surface area contributed by atoms with E-state index in [0.717, 1.165) is 65.1 Å². The molecule has 2 aliphatic rings. The van der Waals surface area contributed by atoms with E-state index in [1.165, 1.54) is 0 Å². The molecular formula is C15H28N2O3. The molecule has 0 aromatic rings. The quantitative estimate of drug-likeness (QED) is 0.759.